The molecule has 0 aromatic carbocycles. The van der Waals surface area contributed by atoms with E-state index in [0.29, 0.717) is 26.2 Å². The number of nitrogens with one attached hydrogen (secondary N) is 1. The summed E-state index contributed by atoms with van der Waals surface area (Å²) >= 11 is 1.74. The number of rotatable bonds is 8. The number of urea groups is 1. The van der Waals surface area contributed by atoms with Crippen LogP contribution in [0.15, 0.2) is 36.7 Å². The maximum atomic E-state index is 12.9. The highest BCUT2D eigenvalue weighted by Gasteiger charge is 2.37. The number of hydrogen-bond donors (Lipinski definition) is 1. The molecule has 5 nitrogen and oxygen atoms in total. The Morgan fingerprint density at radius 2 is 2.04 bits per heavy atom. The monoisotopic (exact) mass is 373 g/mol. The first-order valence-corrected chi connectivity index (χ1v) is 9.88. The lowest BCUT2D eigenvalue weighted by Crippen LogP contribution is -2.48. The van der Waals surface area contributed by atoms with E-state index in [1.54, 1.807) is 30.8 Å². The molecule has 0 unspecified atom stereocenters. The lowest BCUT2D eigenvalue weighted by Gasteiger charge is -2.41. The van der Waals surface area contributed by atoms with E-state index in [9.17, 15) is 4.79 Å². The van der Waals surface area contributed by atoms with Crippen molar-refractivity contribution >= 4 is 17.4 Å². The van der Waals surface area contributed by atoms with Gasteiger partial charge in [0.25, 0.3) is 0 Å². The molecule has 2 amide bonds. The molecule has 6 heteroatoms. The SMILES string of the molecule is COCC1(CNC(=O)N(Cc2ccncc2)Cc2ccc(C)s2)CCC1. The minimum atomic E-state index is -0.0183. The number of pyridine rings is 1. The van der Waals surface area contributed by atoms with Crippen LogP contribution in [0.25, 0.3) is 0 Å². The Morgan fingerprint density at radius 1 is 1.27 bits per heavy atom. The number of ether oxygens (including phenoxy) is 1. The van der Waals surface area contributed by atoms with E-state index in [1.165, 1.54) is 16.2 Å². The average Bonchev–Trinajstić information content (AvgIpc) is 3.02. The van der Waals surface area contributed by atoms with Crippen LogP contribution in [0, 0.1) is 12.3 Å². The summed E-state index contributed by atoms with van der Waals surface area (Å²) in [6.45, 7) is 4.66. The minimum absolute atomic E-state index is 0.0183. The third-order valence-electron chi connectivity index (χ3n) is 5.03. The largest absolute Gasteiger partial charge is 0.384 e. The molecule has 0 atom stereocenters. The second-order valence-corrected chi connectivity index (χ2v) is 8.54. The van der Waals surface area contributed by atoms with Gasteiger partial charge in [0.05, 0.1) is 13.2 Å². The summed E-state index contributed by atoms with van der Waals surface area (Å²) in [5.74, 6) is 0. The Balaban J connectivity index is 1.66. The molecule has 1 aliphatic rings. The molecule has 140 valence electrons. The molecule has 0 radical (unpaired) electrons. The Hall–Kier alpha value is -1.92. The van der Waals surface area contributed by atoms with Crippen molar-refractivity contribution in [2.75, 3.05) is 20.3 Å². The van der Waals surface area contributed by atoms with Gasteiger partial charge in [-0.15, -0.1) is 11.3 Å². The lowest BCUT2D eigenvalue weighted by atomic mass is 9.69. The van der Waals surface area contributed by atoms with E-state index in [0.717, 1.165) is 18.4 Å². The zero-order valence-corrected chi connectivity index (χ0v) is 16.3. The Kier molecular flexibility index (Phi) is 6.27. The summed E-state index contributed by atoms with van der Waals surface area (Å²) in [4.78, 5) is 21.3. The van der Waals surface area contributed by atoms with Crippen molar-refractivity contribution in [1.82, 2.24) is 15.2 Å². The zero-order chi connectivity index (χ0) is 18.4. The topological polar surface area (TPSA) is 54.5 Å². The van der Waals surface area contributed by atoms with Crippen molar-refractivity contribution < 1.29 is 9.53 Å². The number of methoxy groups -OCH3 is 1. The maximum absolute atomic E-state index is 12.9. The van der Waals surface area contributed by atoms with E-state index < -0.39 is 0 Å². The number of carbonyl (C=O) groups excluding carboxylic acids is 1. The van der Waals surface area contributed by atoms with Gasteiger partial charge in [-0.05, 0) is 49.6 Å². The van der Waals surface area contributed by atoms with Gasteiger partial charge < -0.3 is 15.0 Å². The quantitative estimate of drug-likeness (QED) is 0.761. The van der Waals surface area contributed by atoms with Crippen LogP contribution in [0.3, 0.4) is 0 Å². The number of thiophene rings is 1. The zero-order valence-electron chi connectivity index (χ0n) is 15.5. The molecule has 1 N–H and O–H groups in total. The lowest BCUT2D eigenvalue weighted by molar-refractivity contribution is 0.0189. The van der Waals surface area contributed by atoms with E-state index >= 15 is 0 Å². The van der Waals surface area contributed by atoms with Crippen LogP contribution in [-0.4, -0.2) is 36.2 Å². The molecule has 2 aromatic rings. The predicted molar refractivity (Wildman–Crippen MR) is 104 cm³/mol. The molecule has 1 saturated carbocycles. The molecule has 2 aromatic heterocycles. The fraction of sp³-hybridized carbons (Fsp3) is 0.500. The fourth-order valence-electron chi connectivity index (χ4n) is 3.40. The molecular formula is C20H27N3O2S. The van der Waals surface area contributed by atoms with Gasteiger partial charge in [0, 0.05) is 47.8 Å². The molecule has 0 bridgehead atoms. The molecular weight excluding hydrogens is 346 g/mol. The number of nitrogens with zero attached hydrogens (tertiary/aromatic N) is 2. The molecule has 0 spiro atoms. The summed E-state index contributed by atoms with van der Waals surface area (Å²) in [5, 5.41) is 3.15. The third-order valence-corrected chi connectivity index (χ3v) is 6.02. The number of amides is 2. The summed E-state index contributed by atoms with van der Waals surface area (Å²) in [7, 11) is 1.73. The minimum Gasteiger partial charge on any atom is -0.384 e. The second kappa shape index (κ2) is 8.64. The van der Waals surface area contributed by atoms with Gasteiger partial charge in [0.1, 0.15) is 0 Å². The van der Waals surface area contributed by atoms with Gasteiger partial charge in [-0.25, -0.2) is 4.79 Å². The Bertz CT molecular complexity index is 713. The van der Waals surface area contributed by atoms with Crippen molar-refractivity contribution in [2.45, 2.75) is 39.3 Å². The van der Waals surface area contributed by atoms with Gasteiger partial charge in [-0.3, -0.25) is 4.98 Å². The van der Waals surface area contributed by atoms with Crippen molar-refractivity contribution in [2.24, 2.45) is 5.41 Å². The van der Waals surface area contributed by atoms with Crippen LogP contribution < -0.4 is 5.32 Å². The number of hydrogen-bond acceptors (Lipinski definition) is 4. The average molecular weight is 374 g/mol. The van der Waals surface area contributed by atoms with E-state index in [-0.39, 0.29) is 11.4 Å². The highest BCUT2D eigenvalue weighted by Crippen LogP contribution is 2.40. The van der Waals surface area contributed by atoms with Gasteiger partial charge in [-0.1, -0.05) is 6.42 Å². The van der Waals surface area contributed by atoms with Crippen molar-refractivity contribution in [1.29, 1.82) is 0 Å². The highest BCUT2D eigenvalue weighted by molar-refractivity contribution is 7.11. The molecule has 2 heterocycles. The predicted octanol–water partition coefficient (Wildman–Crippen LogP) is 3.98. The van der Waals surface area contributed by atoms with Gasteiger partial charge >= 0.3 is 6.03 Å². The third kappa shape index (κ3) is 4.83. The van der Waals surface area contributed by atoms with Crippen LogP contribution in [0.2, 0.25) is 0 Å². The Labute approximate surface area is 159 Å². The van der Waals surface area contributed by atoms with Crippen molar-refractivity contribution in [3.63, 3.8) is 0 Å². The first-order valence-electron chi connectivity index (χ1n) is 9.06. The van der Waals surface area contributed by atoms with E-state index in [2.05, 4.69) is 29.4 Å². The summed E-state index contributed by atoms with van der Waals surface area (Å²) in [6.07, 6.45) is 6.99. The summed E-state index contributed by atoms with van der Waals surface area (Å²) < 4.78 is 5.37. The number of aromatic nitrogens is 1. The smallest absolute Gasteiger partial charge is 0.318 e. The molecule has 1 fully saturated rings. The molecule has 0 aliphatic heterocycles. The standard InChI is InChI=1S/C20H27N3O2S/c1-16-4-5-18(26-16)13-23(12-17-6-10-21-11-7-17)19(24)22-14-20(15-25-2)8-3-9-20/h4-7,10-11H,3,8-9,12-15H2,1-2H3,(H,22,24). The van der Waals surface area contributed by atoms with E-state index in [4.69, 9.17) is 4.74 Å². The summed E-state index contributed by atoms with van der Waals surface area (Å²) in [5.41, 5.74) is 1.20. The van der Waals surface area contributed by atoms with Gasteiger partial charge in [0.2, 0.25) is 0 Å². The first kappa shape index (κ1) is 18.9. The highest BCUT2D eigenvalue weighted by atomic mass is 32.1. The number of aryl methyl sites for hydroxylation is 1. The van der Waals surface area contributed by atoms with Gasteiger partial charge in [-0.2, -0.15) is 0 Å². The van der Waals surface area contributed by atoms with Crippen LogP contribution in [0.5, 0.6) is 0 Å². The van der Waals surface area contributed by atoms with Crippen LogP contribution in [0.1, 0.15) is 34.6 Å². The first-order chi connectivity index (χ1) is 12.6. The van der Waals surface area contributed by atoms with Gasteiger partial charge in [0.15, 0.2) is 0 Å². The molecule has 0 saturated heterocycles. The van der Waals surface area contributed by atoms with E-state index in [1.807, 2.05) is 17.0 Å². The van der Waals surface area contributed by atoms with Crippen LogP contribution in [-0.2, 0) is 17.8 Å². The maximum Gasteiger partial charge on any atom is 0.318 e. The Morgan fingerprint density at radius 3 is 2.62 bits per heavy atom. The fourth-order valence-corrected chi connectivity index (χ4v) is 4.30. The second-order valence-electron chi connectivity index (χ2n) is 7.17. The van der Waals surface area contributed by atoms with Crippen LogP contribution in [0.4, 0.5) is 4.79 Å². The van der Waals surface area contributed by atoms with Crippen molar-refractivity contribution in [3.05, 3.63) is 52.0 Å². The van der Waals surface area contributed by atoms with Crippen LogP contribution >= 0.6 is 11.3 Å². The summed E-state index contributed by atoms with van der Waals surface area (Å²) in [6, 6.07) is 8.10. The number of carbonyl (C=O) groups is 1. The molecule has 3 rings (SSSR count). The molecule has 1 aliphatic carbocycles. The van der Waals surface area contributed by atoms with Crippen molar-refractivity contribution in [3.8, 4) is 0 Å². The normalized spacial score (nSPS) is 15.3. The molecule has 26 heavy (non-hydrogen) atoms.